The van der Waals surface area contributed by atoms with Gasteiger partial charge in [-0.15, -0.1) is 0 Å². The Morgan fingerprint density at radius 2 is 2.14 bits per heavy atom. The first-order valence-electron chi connectivity index (χ1n) is 7.89. The van der Waals surface area contributed by atoms with Crippen molar-refractivity contribution in [3.63, 3.8) is 0 Å². The second-order valence-electron chi connectivity index (χ2n) is 6.57. The molecule has 0 radical (unpaired) electrons. The fraction of sp³-hybridized carbons (Fsp3) is 0.647. The monoisotopic (exact) mass is 290 g/mol. The summed E-state index contributed by atoms with van der Waals surface area (Å²) in [6.07, 6.45) is 1.82. The summed E-state index contributed by atoms with van der Waals surface area (Å²) < 4.78 is 6.02. The highest BCUT2D eigenvalue weighted by Gasteiger charge is 2.34. The summed E-state index contributed by atoms with van der Waals surface area (Å²) in [6, 6.07) is 9.02. The Morgan fingerprint density at radius 3 is 2.95 bits per heavy atom. The number of aliphatic hydroxyl groups excluding tert-OH is 1. The van der Waals surface area contributed by atoms with Crippen molar-refractivity contribution >= 4 is 0 Å². The molecule has 3 unspecified atom stereocenters. The first-order chi connectivity index (χ1) is 10.1. The van der Waals surface area contributed by atoms with Crippen molar-refractivity contribution in [2.24, 2.45) is 0 Å². The highest BCUT2D eigenvalue weighted by molar-refractivity contribution is 5.31. The number of hydrogen-bond donors (Lipinski definition) is 1. The van der Waals surface area contributed by atoms with Crippen LogP contribution < -0.4 is 0 Å². The number of benzene rings is 1. The Bertz CT molecular complexity index is 478. The van der Waals surface area contributed by atoms with E-state index in [1.807, 2.05) is 0 Å². The van der Waals surface area contributed by atoms with Crippen LogP contribution in [0.25, 0.3) is 0 Å². The van der Waals surface area contributed by atoms with Gasteiger partial charge in [-0.3, -0.25) is 4.90 Å². The third kappa shape index (κ3) is 3.46. The van der Waals surface area contributed by atoms with Crippen molar-refractivity contribution in [2.45, 2.75) is 31.1 Å². The maximum Gasteiger partial charge on any atom is 0.0954 e. The highest BCUT2D eigenvalue weighted by Crippen LogP contribution is 2.30. The van der Waals surface area contributed by atoms with Crippen LogP contribution in [0, 0.1) is 0 Å². The average molecular weight is 290 g/mol. The quantitative estimate of drug-likeness (QED) is 0.907. The van der Waals surface area contributed by atoms with Gasteiger partial charge in [-0.05, 0) is 38.1 Å². The first-order valence-corrected chi connectivity index (χ1v) is 7.89. The van der Waals surface area contributed by atoms with Crippen LogP contribution >= 0.6 is 0 Å². The average Bonchev–Trinajstić information content (AvgIpc) is 2.78. The molecule has 1 N–H and O–H groups in total. The largest absolute Gasteiger partial charge is 0.392 e. The lowest BCUT2D eigenvalue weighted by molar-refractivity contribution is 0.00964. The zero-order valence-corrected chi connectivity index (χ0v) is 13.0. The lowest BCUT2D eigenvalue weighted by Crippen LogP contribution is -2.40. The van der Waals surface area contributed by atoms with Crippen molar-refractivity contribution in [3.05, 3.63) is 35.4 Å². The van der Waals surface area contributed by atoms with E-state index in [0.717, 1.165) is 39.1 Å². The lowest BCUT2D eigenvalue weighted by atomic mass is 9.97. The van der Waals surface area contributed by atoms with Crippen LogP contribution in [-0.4, -0.2) is 67.4 Å². The number of ether oxygens (including phenoxy) is 1. The first kappa shape index (κ1) is 15.0. The van der Waals surface area contributed by atoms with Gasteiger partial charge in [0, 0.05) is 25.7 Å². The number of fused-ring (bicyclic) bond motifs is 1. The van der Waals surface area contributed by atoms with Gasteiger partial charge in [-0.25, -0.2) is 0 Å². The maximum absolute atomic E-state index is 10.0. The molecule has 2 aliphatic heterocycles. The molecule has 3 atom stereocenters. The number of rotatable bonds is 4. The minimum Gasteiger partial charge on any atom is -0.392 e. The van der Waals surface area contributed by atoms with Gasteiger partial charge in [-0.1, -0.05) is 24.3 Å². The standard InChI is InChI=1S/C17H26N2O2/c1-18(2)10-14-9-15(20)11-19(14)12-17-16-6-4-3-5-13(16)7-8-21-17/h3-6,14-15,17,20H,7-12H2,1-2H3. The molecule has 4 nitrogen and oxygen atoms in total. The van der Waals surface area contributed by atoms with Crippen molar-refractivity contribution in [1.82, 2.24) is 9.80 Å². The molecule has 21 heavy (non-hydrogen) atoms. The third-order valence-corrected chi connectivity index (χ3v) is 4.57. The van der Waals surface area contributed by atoms with E-state index in [1.165, 1.54) is 11.1 Å². The molecule has 4 heteroatoms. The fourth-order valence-corrected chi connectivity index (χ4v) is 3.63. The minimum atomic E-state index is -0.200. The Labute approximate surface area is 127 Å². The van der Waals surface area contributed by atoms with E-state index in [-0.39, 0.29) is 12.2 Å². The second-order valence-corrected chi connectivity index (χ2v) is 6.57. The van der Waals surface area contributed by atoms with Gasteiger partial charge < -0.3 is 14.7 Å². The van der Waals surface area contributed by atoms with Crippen LogP contribution in [0.15, 0.2) is 24.3 Å². The molecule has 1 saturated heterocycles. The number of likely N-dealkylation sites (N-methyl/N-ethyl adjacent to an activating group) is 1. The van der Waals surface area contributed by atoms with E-state index in [2.05, 4.69) is 48.2 Å². The molecule has 1 aromatic carbocycles. The SMILES string of the molecule is CN(C)CC1CC(O)CN1CC1OCCc2ccccc21. The summed E-state index contributed by atoms with van der Waals surface area (Å²) in [5.74, 6) is 0. The minimum absolute atomic E-state index is 0.143. The van der Waals surface area contributed by atoms with E-state index in [4.69, 9.17) is 4.74 Å². The maximum atomic E-state index is 10.0. The van der Waals surface area contributed by atoms with E-state index in [9.17, 15) is 5.11 Å². The summed E-state index contributed by atoms with van der Waals surface area (Å²) in [5, 5.41) is 10.0. The number of aliphatic hydroxyl groups is 1. The normalized spacial score (nSPS) is 29.8. The van der Waals surface area contributed by atoms with Gasteiger partial charge in [-0.2, -0.15) is 0 Å². The third-order valence-electron chi connectivity index (χ3n) is 4.57. The van der Waals surface area contributed by atoms with Gasteiger partial charge in [0.1, 0.15) is 0 Å². The molecule has 0 bridgehead atoms. The van der Waals surface area contributed by atoms with E-state index in [1.54, 1.807) is 0 Å². The lowest BCUT2D eigenvalue weighted by Gasteiger charge is -2.33. The van der Waals surface area contributed by atoms with E-state index >= 15 is 0 Å². The Hall–Kier alpha value is -0.940. The summed E-state index contributed by atoms with van der Waals surface area (Å²) in [7, 11) is 4.19. The van der Waals surface area contributed by atoms with Crippen LogP contribution in [-0.2, 0) is 11.2 Å². The number of likely N-dealkylation sites (tertiary alicyclic amines) is 1. The van der Waals surface area contributed by atoms with Gasteiger partial charge in [0.15, 0.2) is 0 Å². The van der Waals surface area contributed by atoms with Crippen LogP contribution in [0.5, 0.6) is 0 Å². The molecule has 0 saturated carbocycles. The Kier molecular flexibility index (Phi) is 4.60. The van der Waals surface area contributed by atoms with Gasteiger partial charge in [0.05, 0.1) is 18.8 Å². The molecule has 0 amide bonds. The molecule has 0 aromatic heterocycles. The van der Waals surface area contributed by atoms with Crippen molar-refractivity contribution in [1.29, 1.82) is 0 Å². The Balaban J connectivity index is 1.71. The van der Waals surface area contributed by atoms with Crippen LogP contribution in [0.2, 0.25) is 0 Å². The van der Waals surface area contributed by atoms with Gasteiger partial charge in [0.2, 0.25) is 0 Å². The predicted molar refractivity (Wildman–Crippen MR) is 83.4 cm³/mol. The molecular formula is C17H26N2O2. The van der Waals surface area contributed by atoms with E-state index in [0.29, 0.717) is 6.04 Å². The molecule has 0 aliphatic carbocycles. The molecule has 0 spiro atoms. The molecule has 3 rings (SSSR count). The summed E-state index contributed by atoms with van der Waals surface area (Å²) >= 11 is 0. The van der Waals surface area contributed by atoms with Crippen LogP contribution in [0.4, 0.5) is 0 Å². The molecule has 1 aromatic rings. The molecule has 2 heterocycles. The highest BCUT2D eigenvalue weighted by atomic mass is 16.5. The van der Waals surface area contributed by atoms with Crippen LogP contribution in [0.3, 0.4) is 0 Å². The predicted octanol–water partition coefficient (Wildman–Crippen LogP) is 1.30. The topological polar surface area (TPSA) is 35.9 Å². The zero-order valence-electron chi connectivity index (χ0n) is 13.0. The van der Waals surface area contributed by atoms with E-state index < -0.39 is 0 Å². The zero-order chi connectivity index (χ0) is 14.8. The second kappa shape index (κ2) is 6.44. The molecule has 1 fully saturated rings. The van der Waals surface area contributed by atoms with Crippen molar-refractivity contribution in [3.8, 4) is 0 Å². The molecule has 116 valence electrons. The van der Waals surface area contributed by atoms with Gasteiger partial charge in [0.25, 0.3) is 0 Å². The smallest absolute Gasteiger partial charge is 0.0954 e. The summed E-state index contributed by atoms with van der Waals surface area (Å²) in [5.41, 5.74) is 2.74. The number of β-amino-alcohol motifs (C(OH)–C–C–N with tert-alkyl or cyclic N) is 1. The molecule has 2 aliphatic rings. The summed E-state index contributed by atoms with van der Waals surface area (Å²) in [6.45, 7) is 3.44. The summed E-state index contributed by atoms with van der Waals surface area (Å²) in [4.78, 5) is 4.60. The fourth-order valence-electron chi connectivity index (χ4n) is 3.63. The Morgan fingerprint density at radius 1 is 1.33 bits per heavy atom. The van der Waals surface area contributed by atoms with Crippen LogP contribution in [0.1, 0.15) is 23.7 Å². The van der Waals surface area contributed by atoms with Crippen molar-refractivity contribution in [2.75, 3.05) is 40.3 Å². The van der Waals surface area contributed by atoms with Crippen molar-refractivity contribution < 1.29 is 9.84 Å². The molecular weight excluding hydrogens is 264 g/mol. The van der Waals surface area contributed by atoms with Gasteiger partial charge >= 0.3 is 0 Å². The number of nitrogens with zero attached hydrogens (tertiary/aromatic N) is 2. The number of hydrogen-bond acceptors (Lipinski definition) is 4.